The molecular formula is C19H17BrClN3O2S. The number of carbonyl (C=O) groups excluding carboxylic acids is 1. The van der Waals surface area contributed by atoms with E-state index in [1.54, 1.807) is 12.1 Å². The van der Waals surface area contributed by atoms with Gasteiger partial charge in [0.1, 0.15) is 12.4 Å². The van der Waals surface area contributed by atoms with Crippen LogP contribution in [0.2, 0.25) is 5.02 Å². The molecule has 0 aliphatic carbocycles. The summed E-state index contributed by atoms with van der Waals surface area (Å²) < 4.78 is 8.48. The summed E-state index contributed by atoms with van der Waals surface area (Å²) in [4.78, 5) is 12.6. The van der Waals surface area contributed by atoms with Gasteiger partial charge in [0.15, 0.2) is 16.8 Å². The second-order valence-electron chi connectivity index (χ2n) is 5.81. The van der Waals surface area contributed by atoms with E-state index in [-0.39, 0.29) is 17.6 Å². The molecule has 0 radical (unpaired) electrons. The minimum atomic E-state index is -0.286. The number of rotatable bonds is 7. The second-order valence-corrected chi connectivity index (χ2v) is 8.44. The highest BCUT2D eigenvalue weighted by Gasteiger charge is 2.20. The molecule has 0 aliphatic rings. The van der Waals surface area contributed by atoms with Crippen LogP contribution in [0.4, 0.5) is 0 Å². The average Bonchev–Trinajstić information content (AvgIpc) is 3.01. The summed E-state index contributed by atoms with van der Waals surface area (Å²) >= 11 is 10.8. The van der Waals surface area contributed by atoms with Gasteiger partial charge in [-0.25, -0.2) is 0 Å². The fourth-order valence-corrected chi connectivity index (χ4v) is 3.70. The normalized spacial score (nSPS) is 12.0. The summed E-state index contributed by atoms with van der Waals surface area (Å²) in [5.74, 6) is 1.29. The molecule has 0 saturated carbocycles. The molecule has 1 unspecified atom stereocenters. The summed E-state index contributed by atoms with van der Waals surface area (Å²) in [7, 11) is 1.85. The zero-order chi connectivity index (χ0) is 19.4. The van der Waals surface area contributed by atoms with Crippen LogP contribution in [-0.2, 0) is 13.7 Å². The lowest BCUT2D eigenvalue weighted by atomic mass is 10.1. The Morgan fingerprint density at radius 2 is 1.93 bits per heavy atom. The van der Waals surface area contributed by atoms with Gasteiger partial charge in [0, 0.05) is 17.1 Å². The van der Waals surface area contributed by atoms with Crippen molar-refractivity contribution in [1.82, 2.24) is 14.8 Å². The first-order chi connectivity index (χ1) is 13.0. The van der Waals surface area contributed by atoms with Crippen molar-refractivity contribution >= 4 is 45.1 Å². The molecule has 1 aromatic heterocycles. The molecule has 3 aromatic rings. The molecule has 0 N–H and O–H groups in total. The number of Topliss-reactive ketones (excluding diaryl/α,β-unsaturated/α-hetero) is 1. The standard InChI is InChI=1S/C19H17BrClN3O2S/c1-12(18(25)13-7-9-14(20)10-8-13)27-19-23-22-17(24(19)2)11-26-16-6-4-3-5-15(16)21/h3-10,12H,11H2,1-2H3. The van der Waals surface area contributed by atoms with Gasteiger partial charge in [0.25, 0.3) is 0 Å². The second kappa shape index (κ2) is 8.91. The maximum Gasteiger partial charge on any atom is 0.191 e. The molecule has 0 fully saturated rings. The van der Waals surface area contributed by atoms with E-state index in [2.05, 4.69) is 26.1 Å². The number of hydrogen-bond donors (Lipinski definition) is 0. The molecule has 0 aliphatic heterocycles. The quantitative estimate of drug-likeness (QED) is 0.355. The van der Waals surface area contributed by atoms with Crippen molar-refractivity contribution < 1.29 is 9.53 Å². The third kappa shape index (κ3) is 4.91. The number of para-hydroxylation sites is 1. The molecule has 0 amide bonds. The number of ether oxygens (including phenoxy) is 1. The molecule has 1 atom stereocenters. The predicted molar refractivity (Wildman–Crippen MR) is 111 cm³/mol. The van der Waals surface area contributed by atoms with Gasteiger partial charge in [0.2, 0.25) is 0 Å². The lowest BCUT2D eigenvalue weighted by Gasteiger charge is -2.11. The maximum absolute atomic E-state index is 12.6. The molecule has 140 valence electrons. The zero-order valence-electron chi connectivity index (χ0n) is 14.7. The highest BCUT2D eigenvalue weighted by atomic mass is 79.9. The van der Waals surface area contributed by atoms with Crippen molar-refractivity contribution in [2.75, 3.05) is 0 Å². The lowest BCUT2D eigenvalue weighted by molar-refractivity contribution is 0.0994. The van der Waals surface area contributed by atoms with E-state index in [0.717, 1.165) is 4.47 Å². The Bertz CT molecular complexity index is 946. The zero-order valence-corrected chi connectivity index (χ0v) is 17.9. The first-order valence-electron chi connectivity index (χ1n) is 8.17. The Hall–Kier alpha value is -1.83. The molecule has 2 aromatic carbocycles. The van der Waals surface area contributed by atoms with Crippen LogP contribution < -0.4 is 4.74 Å². The van der Waals surface area contributed by atoms with Crippen LogP contribution in [0.1, 0.15) is 23.1 Å². The predicted octanol–water partition coefficient (Wildman–Crippen LogP) is 5.17. The van der Waals surface area contributed by atoms with E-state index < -0.39 is 0 Å². The Kier molecular flexibility index (Phi) is 6.57. The molecule has 5 nitrogen and oxygen atoms in total. The van der Waals surface area contributed by atoms with Crippen LogP contribution in [0.3, 0.4) is 0 Å². The van der Waals surface area contributed by atoms with Gasteiger partial charge in [0.05, 0.1) is 10.3 Å². The monoisotopic (exact) mass is 465 g/mol. The number of ketones is 1. The van der Waals surface area contributed by atoms with E-state index in [4.69, 9.17) is 16.3 Å². The Balaban J connectivity index is 1.65. The third-order valence-corrected chi connectivity index (χ3v) is 5.87. The van der Waals surface area contributed by atoms with Crippen LogP contribution in [0.25, 0.3) is 0 Å². The van der Waals surface area contributed by atoms with E-state index in [1.807, 2.05) is 54.9 Å². The number of carbonyl (C=O) groups is 1. The van der Waals surface area contributed by atoms with Crippen LogP contribution in [0.5, 0.6) is 5.75 Å². The maximum atomic E-state index is 12.6. The van der Waals surface area contributed by atoms with Gasteiger partial charge < -0.3 is 9.30 Å². The summed E-state index contributed by atoms with van der Waals surface area (Å²) in [5.41, 5.74) is 0.669. The number of aromatic nitrogens is 3. The fraction of sp³-hybridized carbons (Fsp3) is 0.211. The van der Waals surface area contributed by atoms with Crippen molar-refractivity contribution in [3.05, 3.63) is 69.4 Å². The summed E-state index contributed by atoms with van der Waals surface area (Å²) in [5, 5.41) is 9.26. The smallest absolute Gasteiger partial charge is 0.191 e. The van der Waals surface area contributed by atoms with Crippen LogP contribution >= 0.6 is 39.3 Å². The minimum Gasteiger partial charge on any atom is -0.484 e. The number of thioether (sulfide) groups is 1. The topological polar surface area (TPSA) is 57.0 Å². The number of halogens is 2. The van der Waals surface area contributed by atoms with Gasteiger partial charge in [-0.3, -0.25) is 4.79 Å². The van der Waals surface area contributed by atoms with Gasteiger partial charge >= 0.3 is 0 Å². The Morgan fingerprint density at radius 3 is 2.63 bits per heavy atom. The SMILES string of the molecule is CC(Sc1nnc(COc2ccccc2Cl)n1C)C(=O)c1ccc(Br)cc1. The number of benzene rings is 2. The van der Waals surface area contributed by atoms with Crippen LogP contribution in [0, 0.1) is 0 Å². The minimum absolute atomic E-state index is 0.0457. The largest absolute Gasteiger partial charge is 0.484 e. The summed E-state index contributed by atoms with van der Waals surface area (Å²) in [6, 6.07) is 14.6. The van der Waals surface area contributed by atoms with E-state index >= 15 is 0 Å². The van der Waals surface area contributed by atoms with Gasteiger partial charge in [-0.2, -0.15) is 0 Å². The third-order valence-electron chi connectivity index (χ3n) is 3.90. The first-order valence-corrected chi connectivity index (χ1v) is 10.2. The molecule has 0 bridgehead atoms. The molecule has 8 heteroatoms. The molecule has 3 rings (SSSR count). The number of nitrogens with zero attached hydrogens (tertiary/aromatic N) is 3. The molecule has 0 spiro atoms. The fourth-order valence-electron chi connectivity index (χ4n) is 2.34. The van der Waals surface area contributed by atoms with Gasteiger partial charge in [-0.15, -0.1) is 10.2 Å². The molecular weight excluding hydrogens is 450 g/mol. The van der Waals surface area contributed by atoms with E-state index in [1.165, 1.54) is 11.8 Å². The van der Waals surface area contributed by atoms with Crippen molar-refractivity contribution in [2.24, 2.45) is 7.05 Å². The lowest BCUT2D eigenvalue weighted by Crippen LogP contribution is -2.14. The Morgan fingerprint density at radius 1 is 1.22 bits per heavy atom. The molecule has 0 saturated heterocycles. The van der Waals surface area contributed by atoms with Crippen LogP contribution in [-0.4, -0.2) is 25.8 Å². The summed E-state index contributed by atoms with van der Waals surface area (Å²) in [6.45, 7) is 2.10. The van der Waals surface area contributed by atoms with Crippen molar-refractivity contribution in [2.45, 2.75) is 23.9 Å². The molecule has 27 heavy (non-hydrogen) atoms. The number of hydrogen-bond acceptors (Lipinski definition) is 5. The van der Waals surface area contributed by atoms with Gasteiger partial charge in [-0.05, 0) is 31.2 Å². The van der Waals surface area contributed by atoms with E-state index in [0.29, 0.717) is 27.3 Å². The van der Waals surface area contributed by atoms with Crippen molar-refractivity contribution in [1.29, 1.82) is 0 Å². The highest BCUT2D eigenvalue weighted by molar-refractivity contribution is 9.10. The van der Waals surface area contributed by atoms with Crippen molar-refractivity contribution in [3.8, 4) is 5.75 Å². The highest BCUT2D eigenvalue weighted by Crippen LogP contribution is 2.26. The first kappa shape index (κ1) is 19.9. The van der Waals surface area contributed by atoms with E-state index in [9.17, 15) is 4.79 Å². The average molecular weight is 467 g/mol. The summed E-state index contributed by atoms with van der Waals surface area (Å²) in [6.07, 6.45) is 0. The van der Waals surface area contributed by atoms with Crippen molar-refractivity contribution in [3.63, 3.8) is 0 Å². The van der Waals surface area contributed by atoms with Gasteiger partial charge in [-0.1, -0.05) is 63.6 Å². The Labute approximate surface area is 175 Å². The molecule has 1 heterocycles. The van der Waals surface area contributed by atoms with Crippen LogP contribution in [0.15, 0.2) is 58.2 Å².